The summed E-state index contributed by atoms with van der Waals surface area (Å²) in [6, 6.07) is 11.2. The second kappa shape index (κ2) is 12.4. The van der Waals surface area contributed by atoms with Crippen LogP contribution in [0.1, 0.15) is 42.1 Å². The van der Waals surface area contributed by atoms with Gasteiger partial charge in [0.15, 0.2) is 0 Å². The zero-order valence-corrected chi connectivity index (χ0v) is 20.4. The summed E-state index contributed by atoms with van der Waals surface area (Å²) in [5, 5.41) is 0.858. The quantitative estimate of drug-likeness (QED) is 0.487. The molecule has 2 amide bonds. The van der Waals surface area contributed by atoms with Crippen LogP contribution >= 0.6 is 23.2 Å². The minimum Gasteiger partial charge on any atom is -0.337 e. The molecule has 2 aromatic rings. The first-order valence-electron chi connectivity index (χ1n) is 11.4. The second-order valence-corrected chi connectivity index (χ2v) is 9.15. The fraction of sp³-hybridized carbons (Fsp3) is 0.440. The molecule has 8 heteroatoms. The number of hydrogen-bond donors (Lipinski definition) is 0. The molecule has 0 bridgehead atoms. The molecule has 5 nitrogen and oxygen atoms in total. The van der Waals surface area contributed by atoms with Crippen molar-refractivity contribution < 1.29 is 14.0 Å². The fourth-order valence-corrected chi connectivity index (χ4v) is 4.35. The van der Waals surface area contributed by atoms with Crippen LogP contribution in [0.5, 0.6) is 0 Å². The molecule has 1 saturated heterocycles. The number of halogens is 3. The maximum absolute atomic E-state index is 13.2. The molecule has 0 saturated carbocycles. The molecule has 0 aromatic heterocycles. The monoisotopic (exact) mass is 493 g/mol. The van der Waals surface area contributed by atoms with Crippen LogP contribution in [-0.4, -0.2) is 65.8 Å². The van der Waals surface area contributed by atoms with Crippen molar-refractivity contribution in [2.24, 2.45) is 0 Å². The third kappa shape index (κ3) is 7.42. The van der Waals surface area contributed by atoms with Gasteiger partial charge in [-0.25, -0.2) is 4.39 Å². The van der Waals surface area contributed by atoms with Crippen LogP contribution in [0.4, 0.5) is 4.39 Å². The van der Waals surface area contributed by atoms with E-state index < -0.39 is 0 Å². The number of rotatable bonds is 9. The van der Waals surface area contributed by atoms with E-state index in [1.807, 2.05) is 4.90 Å². The van der Waals surface area contributed by atoms with Crippen LogP contribution in [0.25, 0.3) is 0 Å². The minimum atomic E-state index is -0.282. The van der Waals surface area contributed by atoms with Gasteiger partial charge in [0, 0.05) is 57.3 Å². The van der Waals surface area contributed by atoms with Crippen molar-refractivity contribution in [3.05, 3.63) is 69.5 Å². The summed E-state index contributed by atoms with van der Waals surface area (Å²) in [7, 11) is 0. The predicted molar refractivity (Wildman–Crippen MR) is 130 cm³/mol. The van der Waals surface area contributed by atoms with Crippen LogP contribution in [0.2, 0.25) is 10.0 Å². The summed E-state index contributed by atoms with van der Waals surface area (Å²) in [4.78, 5) is 31.5. The van der Waals surface area contributed by atoms with Gasteiger partial charge in [-0.1, -0.05) is 48.7 Å². The fourth-order valence-electron chi connectivity index (χ4n) is 3.86. The van der Waals surface area contributed by atoms with Gasteiger partial charge in [0.05, 0.1) is 10.6 Å². The number of piperazine rings is 1. The van der Waals surface area contributed by atoms with Crippen molar-refractivity contribution in [2.75, 3.05) is 39.3 Å². The zero-order chi connectivity index (χ0) is 23.8. The first kappa shape index (κ1) is 25.5. The highest BCUT2D eigenvalue weighted by Gasteiger charge is 2.24. The number of benzene rings is 2. The van der Waals surface area contributed by atoms with Gasteiger partial charge in [0.25, 0.3) is 5.91 Å². The average molecular weight is 494 g/mol. The van der Waals surface area contributed by atoms with E-state index in [2.05, 4.69) is 11.8 Å². The summed E-state index contributed by atoms with van der Waals surface area (Å²) in [6.07, 6.45) is 2.33. The lowest BCUT2D eigenvalue weighted by Crippen LogP contribution is -2.50. The molecule has 178 valence electrons. The van der Waals surface area contributed by atoms with Crippen LogP contribution < -0.4 is 0 Å². The zero-order valence-electron chi connectivity index (χ0n) is 18.9. The van der Waals surface area contributed by atoms with Crippen LogP contribution in [0.3, 0.4) is 0 Å². The Bertz CT molecular complexity index is 947. The molecule has 1 heterocycles. The van der Waals surface area contributed by atoms with Gasteiger partial charge in [-0.2, -0.15) is 0 Å². The minimum absolute atomic E-state index is 0.0935. The van der Waals surface area contributed by atoms with E-state index in [1.165, 1.54) is 12.1 Å². The van der Waals surface area contributed by atoms with Gasteiger partial charge < -0.3 is 9.80 Å². The smallest absolute Gasteiger partial charge is 0.255 e. The van der Waals surface area contributed by atoms with E-state index in [4.69, 9.17) is 23.2 Å². The number of carbonyl (C=O) groups excluding carboxylic acids is 2. The molecular weight excluding hydrogens is 464 g/mol. The Hall–Kier alpha value is -2.15. The second-order valence-electron chi connectivity index (χ2n) is 8.30. The number of carbonyl (C=O) groups is 2. The van der Waals surface area contributed by atoms with Crippen molar-refractivity contribution in [2.45, 2.75) is 32.7 Å². The molecule has 0 atom stereocenters. The molecule has 1 fully saturated rings. The van der Waals surface area contributed by atoms with Crippen molar-refractivity contribution in [3.8, 4) is 0 Å². The molecule has 1 aliphatic heterocycles. The molecule has 2 aromatic carbocycles. The highest BCUT2D eigenvalue weighted by atomic mass is 35.5. The molecule has 3 rings (SSSR count). The van der Waals surface area contributed by atoms with Crippen LogP contribution in [0, 0.1) is 5.82 Å². The van der Waals surface area contributed by atoms with E-state index in [1.54, 1.807) is 35.2 Å². The number of hydrogen-bond acceptors (Lipinski definition) is 3. The number of unbranched alkanes of at least 4 members (excludes halogenated alkanes) is 1. The Morgan fingerprint density at radius 1 is 1.03 bits per heavy atom. The largest absolute Gasteiger partial charge is 0.337 e. The standard InChI is InChI=1S/C25H30Cl2FN3O2/c1-2-3-4-24(32)31(18-19-5-8-21(28)9-6-19)16-13-29-11-14-30(15-12-29)25(33)22-10-7-20(26)17-23(22)27/h5-10,17H,2-4,11-16,18H2,1H3. The summed E-state index contributed by atoms with van der Waals surface area (Å²) in [5.74, 6) is -0.258. The van der Waals surface area contributed by atoms with Gasteiger partial charge >= 0.3 is 0 Å². The molecule has 1 aliphatic rings. The van der Waals surface area contributed by atoms with E-state index in [0.29, 0.717) is 48.2 Å². The van der Waals surface area contributed by atoms with E-state index in [9.17, 15) is 14.0 Å². The topological polar surface area (TPSA) is 43.9 Å². The van der Waals surface area contributed by atoms with Crippen molar-refractivity contribution in [1.82, 2.24) is 14.7 Å². The molecule has 0 radical (unpaired) electrons. The Kier molecular flexibility index (Phi) is 9.53. The van der Waals surface area contributed by atoms with Gasteiger partial charge in [0.2, 0.25) is 5.91 Å². The maximum atomic E-state index is 13.2. The molecule has 0 aliphatic carbocycles. The van der Waals surface area contributed by atoms with E-state index in [-0.39, 0.29) is 17.6 Å². The lowest BCUT2D eigenvalue weighted by atomic mass is 10.1. The predicted octanol–water partition coefficient (Wildman–Crippen LogP) is 5.11. The molecular formula is C25H30Cl2FN3O2. The summed E-state index contributed by atoms with van der Waals surface area (Å²) in [5.41, 5.74) is 1.37. The summed E-state index contributed by atoms with van der Waals surface area (Å²) < 4.78 is 13.2. The van der Waals surface area contributed by atoms with Gasteiger partial charge in [-0.15, -0.1) is 0 Å². The Morgan fingerprint density at radius 3 is 2.36 bits per heavy atom. The molecule has 33 heavy (non-hydrogen) atoms. The van der Waals surface area contributed by atoms with E-state index >= 15 is 0 Å². The first-order valence-corrected chi connectivity index (χ1v) is 12.1. The highest BCUT2D eigenvalue weighted by Crippen LogP contribution is 2.23. The highest BCUT2D eigenvalue weighted by molar-refractivity contribution is 6.36. The third-order valence-electron chi connectivity index (χ3n) is 5.89. The summed E-state index contributed by atoms with van der Waals surface area (Å²) >= 11 is 12.1. The lowest BCUT2D eigenvalue weighted by Gasteiger charge is -2.36. The number of nitrogens with zero attached hydrogens (tertiary/aromatic N) is 3. The Labute approximate surface area is 205 Å². The van der Waals surface area contributed by atoms with E-state index in [0.717, 1.165) is 38.0 Å². The Morgan fingerprint density at radius 2 is 1.73 bits per heavy atom. The molecule has 0 spiro atoms. The molecule has 0 N–H and O–H groups in total. The van der Waals surface area contributed by atoms with Crippen molar-refractivity contribution in [3.63, 3.8) is 0 Å². The average Bonchev–Trinajstić information content (AvgIpc) is 2.81. The van der Waals surface area contributed by atoms with Crippen molar-refractivity contribution in [1.29, 1.82) is 0 Å². The molecule has 0 unspecified atom stereocenters. The van der Waals surface area contributed by atoms with Crippen LogP contribution in [-0.2, 0) is 11.3 Å². The van der Waals surface area contributed by atoms with Gasteiger partial charge in [-0.3, -0.25) is 14.5 Å². The van der Waals surface area contributed by atoms with Crippen molar-refractivity contribution >= 4 is 35.0 Å². The third-order valence-corrected chi connectivity index (χ3v) is 6.44. The maximum Gasteiger partial charge on any atom is 0.255 e. The van der Waals surface area contributed by atoms with Gasteiger partial charge in [-0.05, 0) is 42.3 Å². The van der Waals surface area contributed by atoms with Gasteiger partial charge in [0.1, 0.15) is 5.82 Å². The summed E-state index contributed by atoms with van der Waals surface area (Å²) in [6.45, 7) is 6.50. The first-order chi connectivity index (χ1) is 15.9. The lowest BCUT2D eigenvalue weighted by molar-refractivity contribution is -0.132. The van der Waals surface area contributed by atoms with Crippen LogP contribution in [0.15, 0.2) is 42.5 Å². The Balaban J connectivity index is 1.54. The SMILES string of the molecule is CCCCC(=O)N(CCN1CCN(C(=O)c2ccc(Cl)cc2Cl)CC1)Cc1ccc(F)cc1. The normalized spacial score (nSPS) is 14.4. The number of amides is 2.